The first-order valence-electron chi connectivity index (χ1n) is 7.23. The zero-order valence-corrected chi connectivity index (χ0v) is 12.2. The minimum atomic E-state index is 0.184. The summed E-state index contributed by atoms with van der Waals surface area (Å²) < 4.78 is 7.95. The molecule has 1 aliphatic rings. The van der Waals surface area contributed by atoms with Gasteiger partial charge in [-0.05, 0) is 31.2 Å². The Bertz CT molecular complexity index is 607. The van der Waals surface area contributed by atoms with Crippen LogP contribution in [0, 0.1) is 6.92 Å². The molecular weight excluding hydrogens is 252 g/mol. The third-order valence-electron chi connectivity index (χ3n) is 3.99. The molecule has 0 spiro atoms. The van der Waals surface area contributed by atoms with Gasteiger partial charge in [-0.2, -0.15) is 0 Å². The van der Waals surface area contributed by atoms with Crippen molar-refractivity contribution in [1.82, 2.24) is 14.5 Å². The number of ether oxygens (including phenoxy) is 1. The van der Waals surface area contributed by atoms with E-state index in [1.807, 2.05) is 6.07 Å². The number of morpholine rings is 1. The monoisotopic (exact) mass is 274 g/mol. The van der Waals surface area contributed by atoms with Crippen LogP contribution in [0.3, 0.4) is 0 Å². The van der Waals surface area contributed by atoms with E-state index >= 15 is 0 Å². The summed E-state index contributed by atoms with van der Waals surface area (Å²) in [5.41, 5.74) is 9.34. The highest BCUT2D eigenvalue weighted by Gasteiger charge is 2.21. The minimum absolute atomic E-state index is 0.184. The number of aryl methyl sites for hydroxylation is 1. The lowest BCUT2D eigenvalue weighted by molar-refractivity contribution is -0.0335. The normalized spacial score (nSPS) is 20.6. The van der Waals surface area contributed by atoms with Gasteiger partial charge in [0.15, 0.2) is 0 Å². The van der Waals surface area contributed by atoms with Crippen LogP contribution in [0.25, 0.3) is 11.0 Å². The van der Waals surface area contributed by atoms with Crippen molar-refractivity contribution in [1.29, 1.82) is 0 Å². The number of fused-ring (bicyclic) bond motifs is 1. The number of anilines is 1. The molecule has 1 fully saturated rings. The average Bonchev–Trinajstić information content (AvgIpc) is 2.75. The van der Waals surface area contributed by atoms with Gasteiger partial charge in [0, 0.05) is 13.1 Å². The number of hydrogen-bond acceptors (Lipinski definition) is 4. The summed E-state index contributed by atoms with van der Waals surface area (Å²) in [6.45, 7) is 8.88. The summed E-state index contributed by atoms with van der Waals surface area (Å²) in [5.74, 6) is 0.572. The predicted octanol–water partition coefficient (Wildman–Crippen LogP) is 1.65. The standard InChI is InChI=1S/C15H22N4O/c1-3-18-6-7-20-12(9-18)10-19-14-8-11(2)4-5-13(14)17-15(19)16/h4-5,8,12H,3,6-7,9-10H2,1-2H3,(H2,16,17). The van der Waals surface area contributed by atoms with Crippen LogP contribution in [0.15, 0.2) is 18.2 Å². The number of nitrogens with zero attached hydrogens (tertiary/aromatic N) is 3. The van der Waals surface area contributed by atoms with E-state index in [0.717, 1.165) is 43.8 Å². The number of nitrogen functional groups attached to an aromatic ring is 1. The van der Waals surface area contributed by atoms with Crippen molar-refractivity contribution in [2.75, 3.05) is 32.0 Å². The van der Waals surface area contributed by atoms with E-state index in [9.17, 15) is 0 Å². The summed E-state index contributed by atoms with van der Waals surface area (Å²) in [7, 11) is 0. The second-order valence-electron chi connectivity index (χ2n) is 5.46. The molecular formula is C15H22N4O. The Morgan fingerprint density at radius 2 is 2.30 bits per heavy atom. The highest BCUT2D eigenvalue weighted by Crippen LogP contribution is 2.21. The molecule has 1 unspecified atom stereocenters. The molecule has 1 aromatic heterocycles. The van der Waals surface area contributed by atoms with Gasteiger partial charge >= 0.3 is 0 Å². The summed E-state index contributed by atoms with van der Waals surface area (Å²) in [6.07, 6.45) is 0.184. The smallest absolute Gasteiger partial charge is 0.201 e. The van der Waals surface area contributed by atoms with Crippen LogP contribution >= 0.6 is 0 Å². The number of imidazole rings is 1. The number of likely N-dealkylation sites (N-methyl/N-ethyl adjacent to an activating group) is 1. The molecule has 2 heterocycles. The molecule has 5 nitrogen and oxygen atoms in total. The topological polar surface area (TPSA) is 56.3 Å². The van der Waals surface area contributed by atoms with Gasteiger partial charge in [0.25, 0.3) is 0 Å². The Morgan fingerprint density at radius 3 is 3.10 bits per heavy atom. The Labute approximate surface area is 119 Å². The van der Waals surface area contributed by atoms with E-state index in [1.165, 1.54) is 5.56 Å². The van der Waals surface area contributed by atoms with E-state index in [1.54, 1.807) is 0 Å². The maximum absolute atomic E-state index is 6.07. The fraction of sp³-hybridized carbons (Fsp3) is 0.533. The highest BCUT2D eigenvalue weighted by atomic mass is 16.5. The van der Waals surface area contributed by atoms with E-state index < -0.39 is 0 Å². The first-order valence-corrected chi connectivity index (χ1v) is 7.23. The van der Waals surface area contributed by atoms with E-state index in [4.69, 9.17) is 10.5 Å². The molecule has 1 aliphatic heterocycles. The Kier molecular flexibility index (Phi) is 3.63. The molecule has 2 aromatic rings. The lowest BCUT2D eigenvalue weighted by Crippen LogP contribution is -2.44. The molecule has 1 aromatic carbocycles. The molecule has 0 bridgehead atoms. The number of hydrogen-bond donors (Lipinski definition) is 1. The molecule has 1 saturated heterocycles. The van der Waals surface area contributed by atoms with Crippen molar-refractivity contribution < 1.29 is 4.74 Å². The van der Waals surface area contributed by atoms with Crippen LogP contribution in [0.1, 0.15) is 12.5 Å². The summed E-state index contributed by atoms with van der Waals surface area (Å²) in [6, 6.07) is 6.23. The number of rotatable bonds is 3. The summed E-state index contributed by atoms with van der Waals surface area (Å²) in [5, 5.41) is 0. The van der Waals surface area contributed by atoms with Gasteiger partial charge < -0.3 is 15.0 Å². The van der Waals surface area contributed by atoms with Crippen LogP contribution in [-0.2, 0) is 11.3 Å². The van der Waals surface area contributed by atoms with Crippen molar-refractivity contribution in [3.8, 4) is 0 Å². The van der Waals surface area contributed by atoms with Crippen molar-refractivity contribution in [2.45, 2.75) is 26.5 Å². The van der Waals surface area contributed by atoms with Crippen molar-refractivity contribution in [3.63, 3.8) is 0 Å². The second kappa shape index (κ2) is 5.42. The van der Waals surface area contributed by atoms with Gasteiger partial charge in [-0.25, -0.2) is 4.98 Å². The average molecular weight is 274 g/mol. The molecule has 5 heteroatoms. The maximum Gasteiger partial charge on any atom is 0.201 e. The lowest BCUT2D eigenvalue weighted by Gasteiger charge is -2.32. The first kappa shape index (κ1) is 13.4. The molecule has 3 rings (SSSR count). The fourth-order valence-corrected chi connectivity index (χ4v) is 2.82. The van der Waals surface area contributed by atoms with Crippen LogP contribution in [0.4, 0.5) is 5.95 Å². The zero-order chi connectivity index (χ0) is 14.1. The van der Waals surface area contributed by atoms with E-state index in [-0.39, 0.29) is 6.10 Å². The summed E-state index contributed by atoms with van der Waals surface area (Å²) in [4.78, 5) is 6.84. The van der Waals surface area contributed by atoms with Crippen LogP contribution < -0.4 is 5.73 Å². The SMILES string of the molecule is CCN1CCOC(Cn2c(N)nc3ccc(C)cc32)C1. The molecule has 2 N–H and O–H groups in total. The Hall–Kier alpha value is -1.59. The van der Waals surface area contributed by atoms with Crippen LogP contribution in [0.2, 0.25) is 0 Å². The number of aromatic nitrogens is 2. The molecule has 0 saturated carbocycles. The van der Waals surface area contributed by atoms with Gasteiger partial charge in [0.2, 0.25) is 5.95 Å². The van der Waals surface area contributed by atoms with Gasteiger partial charge in [-0.3, -0.25) is 4.90 Å². The van der Waals surface area contributed by atoms with Gasteiger partial charge in [0.05, 0.1) is 30.3 Å². The molecule has 1 atom stereocenters. The fourth-order valence-electron chi connectivity index (χ4n) is 2.82. The quantitative estimate of drug-likeness (QED) is 0.924. The minimum Gasteiger partial charge on any atom is -0.374 e. The third kappa shape index (κ3) is 2.51. The van der Waals surface area contributed by atoms with E-state index in [2.05, 4.69) is 40.4 Å². The molecule has 0 amide bonds. The van der Waals surface area contributed by atoms with Crippen LogP contribution in [0.5, 0.6) is 0 Å². The van der Waals surface area contributed by atoms with Gasteiger partial charge in [0.1, 0.15) is 0 Å². The van der Waals surface area contributed by atoms with E-state index in [0.29, 0.717) is 5.95 Å². The van der Waals surface area contributed by atoms with Crippen molar-refractivity contribution in [2.24, 2.45) is 0 Å². The van der Waals surface area contributed by atoms with Gasteiger partial charge in [-0.1, -0.05) is 13.0 Å². The Balaban J connectivity index is 1.86. The maximum atomic E-state index is 6.07. The highest BCUT2D eigenvalue weighted by molar-refractivity contribution is 5.79. The second-order valence-corrected chi connectivity index (χ2v) is 5.46. The predicted molar refractivity (Wildman–Crippen MR) is 80.7 cm³/mol. The molecule has 20 heavy (non-hydrogen) atoms. The molecule has 0 radical (unpaired) electrons. The third-order valence-corrected chi connectivity index (χ3v) is 3.99. The van der Waals surface area contributed by atoms with Crippen molar-refractivity contribution in [3.05, 3.63) is 23.8 Å². The number of nitrogens with two attached hydrogens (primary N) is 1. The number of benzene rings is 1. The molecule has 0 aliphatic carbocycles. The van der Waals surface area contributed by atoms with Crippen molar-refractivity contribution >= 4 is 17.0 Å². The summed E-state index contributed by atoms with van der Waals surface area (Å²) >= 11 is 0. The lowest BCUT2D eigenvalue weighted by atomic mass is 10.2. The Morgan fingerprint density at radius 1 is 1.45 bits per heavy atom. The zero-order valence-electron chi connectivity index (χ0n) is 12.2. The van der Waals surface area contributed by atoms with Gasteiger partial charge in [-0.15, -0.1) is 0 Å². The first-order chi connectivity index (χ1) is 9.67. The largest absolute Gasteiger partial charge is 0.374 e. The van der Waals surface area contributed by atoms with Crippen LogP contribution in [-0.4, -0.2) is 46.8 Å². The molecule has 108 valence electrons.